The van der Waals surface area contributed by atoms with Crippen molar-refractivity contribution >= 4 is 22.9 Å². The molecule has 11 heteroatoms. The fourth-order valence-corrected chi connectivity index (χ4v) is 3.04. The van der Waals surface area contributed by atoms with Gasteiger partial charge in [-0.3, -0.25) is 4.98 Å². The first-order valence-corrected chi connectivity index (χ1v) is 9.76. The van der Waals surface area contributed by atoms with Crippen LogP contribution in [-0.4, -0.2) is 30.1 Å². The Kier molecular flexibility index (Phi) is 5.78. The number of nitrogens with one attached hydrogen (secondary N) is 1. The van der Waals surface area contributed by atoms with Crippen LogP contribution in [0.25, 0.3) is 5.70 Å². The lowest BCUT2D eigenvalue weighted by Gasteiger charge is -2.32. The van der Waals surface area contributed by atoms with Crippen molar-refractivity contribution < 1.29 is 31.8 Å². The van der Waals surface area contributed by atoms with E-state index in [4.69, 9.17) is 10.5 Å². The summed E-state index contributed by atoms with van der Waals surface area (Å²) < 4.78 is 67.7. The highest BCUT2D eigenvalue weighted by Gasteiger charge is 2.65. The molecule has 3 aromatic rings. The van der Waals surface area contributed by atoms with Crippen LogP contribution in [0.4, 0.5) is 28.9 Å². The monoisotopic (exact) mass is 474 g/mol. The average molecular weight is 474 g/mol. The van der Waals surface area contributed by atoms with E-state index in [1.165, 1.54) is 13.2 Å². The summed E-state index contributed by atoms with van der Waals surface area (Å²) in [6, 6.07) is 11.8. The first kappa shape index (κ1) is 22.9. The van der Waals surface area contributed by atoms with Crippen molar-refractivity contribution in [2.24, 2.45) is 4.99 Å². The number of halogens is 4. The Morgan fingerprint density at radius 2 is 1.79 bits per heavy atom. The van der Waals surface area contributed by atoms with Crippen molar-refractivity contribution in [2.75, 3.05) is 18.2 Å². The zero-order valence-electron chi connectivity index (χ0n) is 17.7. The van der Waals surface area contributed by atoms with Gasteiger partial charge in [-0.15, -0.1) is 0 Å². The van der Waals surface area contributed by atoms with Crippen LogP contribution >= 0.6 is 0 Å². The number of rotatable bonds is 5. The van der Waals surface area contributed by atoms with Crippen molar-refractivity contribution in [1.82, 2.24) is 4.98 Å². The van der Waals surface area contributed by atoms with E-state index in [0.717, 1.165) is 12.1 Å². The lowest BCUT2D eigenvalue weighted by molar-refractivity contribution is -0.391. The molecule has 0 atom stereocenters. The Balaban J connectivity index is 1.74. The Morgan fingerprint density at radius 3 is 2.47 bits per heavy atom. The van der Waals surface area contributed by atoms with Gasteiger partial charge in [-0.2, -0.15) is 17.6 Å². The normalized spacial score (nSPS) is 16.0. The summed E-state index contributed by atoms with van der Waals surface area (Å²) in [5, 5.41) is 2.95. The molecule has 0 aliphatic carbocycles. The van der Waals surface area contributed by atoms with E-state index >= 15 is 0 Å². The van der Waals surface area contributed by atoms with Crippen LogP contribution in [0.15, 0.2) is 72.5 Å². The van der Waals surface area contributed by atoms with Crippen LogP contribution in [-0.2, 0) is 0 Å². The van der Waals surface area contributed by atoms with Gasteiger partial charge in [0.15, 0.2) is 11.5 Å². The molecule has 1 aromatic heterocycles. The summed E-state index contributed by atoms with van der Waals surface area (Å²) in [7, 11) is 1.48. The van der Waals surface area contributed by atoms with Crippen molar-refractivity contribution in [2.45, 2.75) is 12.2 Å². The fourth-order valence-electron chi connectivity index (χ4n) is 3.04. The summed E-state index contributed by atoms with van der Waals surface area (Å²) in [6.45, 7) is 3.94. The summed E-state index contributed by atoms with van der Waals surface area (Å²) in [4.78, 5) is 8.54. The second kappa shape index (κ2) is 8.58. The van der Waals surface area contributed by atoms with Crippen LogP contribution in [0.5, 0.6) is 17.2 Å². The third kappa shape index (κ3) is 4.45. The number of pyridine rings is 1. The number of anilines is 2. The molecule has 0 saturated heterocycles. The minimum atomic E-state index is -4.85. The maximum atomic E-state index is 13.6. The van der Waals surface area contributed by atoms with Gasteiger partial charge < -0.3 is 25.3 Å². The molecule has 0 unspecified atom stereocenters. The molecule has 0 radical (unpaired) electrons. The molecule has 34 heavy (non-hydrogen) atoms. The van der Waals surface area contributed by atoms with Gasteiger partial charge in [-0.1, -0.05) is 6.58 Å². The summed E-state index contributed by atoms with van der Waals surface area (Å²) >= 11 is 0. The molecule has 4 rings (SSSR count). The minimum Gasteiger partial charge on any atom is -0.497 e. The van der Waals surface area contributed by atoms with E-state index in [0.29, 0.717) is 28.3 Å². The van der Waals surface area contributed by atoms with E-state index in [1.807, 2.05) is 0 Å². The molecule has 2 heterocycles. The third-order valence-electron chi connectivity index (χ3n) is 4.78. The van der Waals surface area contributed by atoms with Crippen molar-refractivity contribution in [3.8, 4) is 17.2 Å². The van der Waals surface area contributed by atoms with Gasteiger partial charge in [-0.05, 0) is 42.5 Å². The van der Waals surface area contributed by atoms with E-state index in [9.17, 15) is 17.6 Å². The predicted molar refractivity (Wildman–Crippen MR) is 118 cm³/mol. The number of methoxy groups -OCH3 is 1. The molecule has 0 amide bonds. The van der Waals surface area contributed by atoms with E-state index in [2.05, 4.69) is 31.3 Å². The van der Waals surface area contributed by atoms with Crippen LogP contribution < -0.4 is 25.3 Å². The average Bonchev–Trinajstić information content (AvgIpc) is 2.80. The second-order valence-corrected chi connectivity index (χ2v) is 7.13. The maximum absolute atomic E-state index is 13.6. The van der Waals surface area contributed by atoms with Gasteiger partial charge in [0.2, 0.25) is 0 Å². The maximum Gasteiger partial charge on any atom is 0.507 e. The number of ether oxygens (including phenoxy) is 3. The van der Waals surface area contributed by atoms with Crippen LogP contribution in [0.3, 0.4) is 0 Å². The highest BCUT2D eigenvalue weighted by molar-refractivity contribution is 6.13. The molecule has 2 aromatic carbocycles. The number of nitrogen functional groups attached to an aromatic ring is 1. The molecule has 0 bridgehead atoms. The topological polar surface area (TPSA) is 91.0 Å². The van der Waals surface area contributed by atoms with Gasteiger partial charge in [0.05, 0.1) is 12.8 Å². The number of fused-ring (bicyclic) bond motifs is 1. The standard InChI is InChI=1S/C23H18F4N4O3/c1-13(14-4-3-9-29-12-14)30-21(17-11-16(32-2)6-7-18(17)28)31-15-5-8-19-20(10-15)34-23(26,27)22(24,25)33-19/h3-12H,1,28H2,2H3,(H,30,31). The van der Waals surface area contributed by atoms with Crippen LogP contribution in [0, 0.1) is 0 Å². The first-order valence-electron chi connectivity index (χ1n) is 9.76. The molecule has 1 aliphatic rings. The molecule has 176 valence electrons. The van der Waals surface area contributed by atoms with Crippen LogP contribution in [0.2, 0.25) is 0 Å². The molecule has 7 nitrogen and oxygen atoms in total. The van der Waals surface area contributed by atoms with Gasteiger partial charge in [0.1, 0.15) is 11.6 Å². The van der Waals surface area contributed by atoms with Gasteiger partial charge in [-0.25, -0.2) is 4.99 Å². The molecule has 0 fully saturated rings. The van der Waals surface area contributed by atoms with E-state index in [1.54, 1.807) is 42.7 Å². The Hall–Kier alpha value is -4.28. The van der Waals surface area contributed by atoms with Crippen molar-refractivity contribution in [1.29, 1.82) is 0 Å². The van der Waals surface area contributed by atoms with Crippen LogP contribution in [0.1, 0.15) is 11.1 Å². The number of nitrogens with zero attached hydrogens (tertiary/aromatic N) is 2. The number of aliphatic imine (C=N–C) groups is 1. The lowest BCUT2D eigenvalue weighted by atomic mass is 10.1. The van der Waals surface area contributed by atoms with E-state index < -0.39 is 23.7 Å². The number of benzene rings is 2. The Bertz CT molecular complexity index is 1270. The molecule has 0 spiro atoms. The molecule has 1 aliphatic heterocycles. The Labute approximate surface area is 191 Å². The predicted octanol–water partition coefficient (Wildman–Crippen LogP) is 5.16. The quantitative estimate of drug-likeness (QED) is 0.230. The number of alkyl halides is 4. The van der Waals surface area contributed by atoms with E-state index in [-0.39, 0.29) is 11.5 Å². The first-order chi connectivity index (χ1) is 16.1. The minimum absolute atomic E-state index is 0.180. The number of hydrogen-bond acceptors (Lipinski definition) is 6. The zero-order chi connectivity index (χ0) is 24.5. The van der Waals surface area contributed by atoms with Gasteiger partial charge in [0, 0.05) is 41.0 Å². The molecular weight excluding hydrogens is 456 g/mol. The van der Waals surface area contributed by atoms with Crippen molar-refractivity contribution in [3.63, 3.8) is 0 Å². The highest BCUT2D eigenvalue weighted by atomic mass is 19.3. The molecular formula is C23H18F4N4O3. The molecule has 0 saturated carbocycles. The number of amidine groups is 1. The lowest BCUT2D eigenvalue weighted by Crippen LogP contribution is -2.52. The second-order valence-electron chi connectivity index (χ2n) is 7.13. The number of aromatic nitrogens is 1. The van der Waals surface area contributed by atoms with Crippen molar-refractivity contribution in [3.05, 3.63) is 78.6 Å². The number of nitrogens with two attached hydrogens (primary N) is 1. The molecule has 3 N–H and O–H groups in total. The summed E-state index contributed by atoms with van der Waals surface area (Å²) in [6.07, 6.45) is -6.50. The van der Waals surface area contributed by atoms with Gasteiger partial charge >= 0.3 is 12.2 Å². The summed E-state index contributed by atoms with van der Waals surface area (Å²) in [5.74, 6) is -0.459. The smallest absolute Gasteiger partial charge is 0.497 e. The SMILES string of the molecule is C=C(N=C(Nc1ccc2c(c1)OC(F)(F)C(F)(F)O2)c1cc(OC)ccc1N)c1cccnc1. The third-order valence-corrected chi connectivity index (χ3v) is 4.78. The Morgan fingerprint density at radius 1 is 1.06 bits per heavy atom. The summed E-state index contributed by atoms with van der Waals surface area (Å²) in [5.41, 5.74) is 8.01. The number of hydrogen-bond donors (Lipinski definition) is 2. The van der Waals surface area contributed by atoms with Gasteiger partial charge in [0.25, 0.3) is 0 Å². The zero-order valence-corrected chi connectivity index (χ0v) is 17.7. The largest absolute Gasteiger partial charge is 0.507 e. The fraction of sp³-hybridized carbons (Fsp3) is 0.130. The highest BCUT2D eigenvalue weighted by Crippen LogP contribution is 2.47.